The molecule has 0 unspecified atom stereocenters. The van der Waals surface area contributed by atoms with Crippen LogP contribution in [0.3, 0.4) is 0 Å². The van der Waals surface area contributed by atoms with E-state index in [4.69, 9.17) is 0 Å². The molecule has 1 heterocycles. The fourth-order valence-electron chi connectivity index (χ4n) is 3.23. The molecule has 0 spiro atoms. The molecule has 2 nitrogen and oxygen atoms in total. The third-order valence-electron chi connectivity index (χ3n) is 4.27. The Hall–Kier alpha value is -0.860. The molecule has 1 aromatic carbocycles. The van der Waals surface area contributed by atoms with Crippen LogP contribution < -0.4 is 5.32 Å². The van der Waals surface area contributed by atoms with Crippen molar-refractivity contribution in [2.24, 2.45) is 5.92 Å². The van der Waals surface area contributed by atoms with Gasteiger partial charge in [-0.05, 0) is 48.4 Å². The van der Waals surface area contributed by atoms with Gasteiger partial charge >= 0.3 is 0 Å². The van der Waals surface area contributed by atoms with E-state index in [1.165, 1.54) is 31.4 Å². The SMILES string of the molecule is CC(C)CN(Cc1cccc2c1CCNC2)C1CC1. The summed E-state index contributed by atoms with van der Waals surface area (Å²) in [5.74, 6) is 0.766. The van der Waals surface area contributed by atoms with Crippen LogP contribution in [0.25, 0.3) is 0 Å². The molecule has 1 N–H and O–H groups in total. The molecular formula is C17H26N2. The molecule has 0 atom stereocenters. The molecule has 0 bridgehead atoms. The highest BCUT2D eigenvalue weighted by Crippen LogP contribution is 2.30. The van der Waals surface area contributed by atoms with E-state index in [9.17, 15) is 0 Å². The zero-order valence-electron chi connectivity index (χ0n) is 12.3. The summed E-state index contributed by atoms with van der Waals surface area (Å²) in [7, 11) is 0. The Morgan fingerprint density at radius 3 is 2.89 bits per heavy atom. The highest BCUT2D eigenvalue weighted by atomic mass is 15.2. The molecule has 19 heavy (non-hydrogen) atoms. The van der Waals surface area contributed by atoms with E-state index in [1.54, 1.807) is 11.1 Å². The highest BCUT2D eigenvalue weighted by Gasteiger charge is 2.29. The lowest BCUT2D eigenvalue weighted by molar-refractivity contribution is 0.225. The number of hydrogen-bond donors (Lipinski definition) is 1. The zero-order chi connectivity index (χ0) is 13.2. The molecule has 1 fully saturated rings. The summed E-state index contributed by atoms with van der Waals surface area (Å²) in [5, 5.41) is 3.48. The number of fused-ring (bicyclic) bond motifs is 1. The molecule has 0 saturated heterocycles. The normalized spacial score (nSPS) is 18.9. The predicted molar refractivity (Wildman–Crippen MR) is 80.1 cm³/mol. The molecule has 2 aliphatic rings. The molecule has 1 saturated carbocycles. The summed E-state index contributed by atoms with van der Waals surface area (Å²) < 4.78 is 0. The van der Waals surface area contributed by atoms with Crippen molar-refractivity contribution in [2.75, 3.05) is 13.1 Å². The van der Waals surface area contributed by atoms with Crippen molar-refractivity contribution in [3.05, 3.63) is 34.9 Å². The lowest BCUT2D eigenvalue weighted by atomic mass is 9.95. The van der Waals surface area contributed by atoms with E-state index >= 15 is 0 Å². The monoisotopic (exact) mass is 258 g/mol. The van der Waals surface area contributed by atoms with Gasteiger partial charge in [-0.25, -0.2) is 0 Å². The van der Waals surface area contributed by atoms with E-state index in [0.29, 0.717) is 0 Å². The maximum Gasteiger partial charge on any atom is 0.0239 e. The van der Waals surface area contributed by atoms with Gasteiger partial charge in [0.15, 0.2) is 0 Å². The molecule has 1 aromatic rings. The average molecular weight is 258 g/mol. The lowest BCUT2D eigenvalue weighted by Crippen LogP contribution is -2.31. The van der Waals surface area contributed by atoms with Crippen molar-refractivity contribution in [1.29, 1.82) is 0 Å². The molecule has 3 rings (SSSR count). The summed E-state index contributed by atoms with van der Waals surface area (Å²) in [5.41, 5.74) is 4.71. The van der Waals surface area contributed by atoms with Crippen molar-refractivity contribution in [3.63, 3.8) is 0 Å². The minimum atomic E-state index is 0.766. The maximum atomic E-state index is 3.48. The van der Waals surface area contributed by atoms with Crippen LogP contribution in [0, 0.1) is 5.92 Å². The van der Waals surface area contributed by atoms with Crippen molar-refractivity contribution in [1.82, 2.24) is 10.2 Å². The molecule has 0 aromatic heterocycles. The number of nitrogens with zero attached hydrogens (tertiary/aromatic N) is 1. The van der Waals surface area contributed by atoms with Crippen molar-refractivity contribution in [2.45, 2.75) is 52.2 Å². The van der Waals surface area contributed by atoms with E-state index in [2.05, 4.69) is 42.3 Å². The second kappa shape index (κ2) is 5.64. The van der Waals surface area contributed by atoms with Gasteiger partial charge in [0, 0.05) is 25.7 Å². The average Bonchev–Trinajstić information content (AvgIpc) is 3.22. The first kappa shape index (κ1) is 13.1. The molecule has 1 aliphatic carbocycles. The van der Waals surface area contributed by atoms with Crippen LogP contribution in [0.5, 0.6) is 0 Å². The van der Waals surface area contributed by atoms with Gasteiger partial charge in [-0.3, -0.25) is 4.90 Å². The third-order valence-corrected chi connectivity index (χ3v) is 4.27. The van der Waals surface area contributed by atoms with Crippen LogP contribution >= 0.6 is 0 Å². The van der Waals surface area contributed by atoms with Crippen molar-refractivity contribution in [3.8, 4) is 0 Å². The molecule has 104 valence electrons. The standard InChI is InChI=1S/C17H26N2/c1-13(2)11-19(16-6-7-16)12-15-5-3-4-14-10-18-9-8-17(14)15/h3-5,13,16,18H,6-12H2,1-2H3. The minimum Gasteiger partial charge on any atom is -0.312 e. The van der Waals surface area contributed by atoms with Gasteiger partial charge in [0.05, 0.1) is 0 Å². The van der Waals surface area contributed by atoms with Crippen LogP contribution in [0.15, 0.2) is 18.2 Å². The first-order valence-corrected chi connectivity index (χ1v) is 7.78. The van der Waals surface area contributed by atoms with Gasteiger partial charge < -0.3 is 5.32 Å². The first-order valence-electron chi connectivity index (χ1n) is 7.78. The highest BCUT2D eigenvalue weighted by molar-refractivity contribution is 5.37. The summed E-state index contributed by atoms with van der Waals surface area (Å²) in [6.07, 6.45) is 4.01. The fraction of sp³-hybridized carbons (Fsp3) is 0.647. The second-order valence-electron chi connectivity index (χ2n) is 6.54. The van der Waals surface area contributed by atoms with Crippen LogP contribution in [-0.4, -0.2) is 24.0 Å². The maximum absolute atomic E-state index is 3.48. The van der Waals surface area contributed by atoms with E-state index < -0.39 is 0 Å². The van der Waals surface area contributed by atoms with Gasteiger partial charge in [-0.2, -0.15) is 0 Å². The van der Waals surface area contributed by atoms with Crippen LogP contribution in [-0.2, 0) is 19.5 Å². The van der Waals surface area contributed by atoms with Gasteiger partial charge in [-0.15, -0.1) is 0 Å². The largest absolute Gasteiger partial charge is 0.312 e. The summed E-state index contributed by atoms with van der Waals surface area (Å²) >= 11 is 0. The number of benzene rings is 1. The van der Waals surface area contributed by atoms with Crippen LogP contribution in [0.1, 0.15) is 43.4 Å². The predicted octanol–water partition coefficient (Wildman–Crippen LogP) is 2.95. The third kappa shape index (κ3) is 3.18. The topological polar surface area (TPSA) is 15.3 Å². The number of rotatable bonds is 5. The minimum absolute atomic E-state index is 0.766. The molecule has 0 radical (unpaired) electrons. The zero-order valence-corrected chi connectivity index (χ0v) is 12.3. The summed E-state index contributed by atoms with van der Waals surface area (Å²) in [6.45, 7) is 9.26. The Labute approximate surface area is 117 Å². The van der Waals surface area contributed by atoms with Crippen LogP contribution in [0.2, 0.25) is 0 Å². The van der Waals surface area contributed by atoms with E-state index in [1.807, 2.05) is 0 Å². The lowest BCUT2D eigenvalue weighted by Gasteiger charge is -2.27. The van der Waals surface area contributed by atoms with Gasteiger partial charge in [0.2, 0.25) is 0 Å². The summed E-state index contributed by atoms with van der Waals surface area (Å²) in [6, 6.07) is 7.73. The quantitative estimate of drug-likeness (QED) is 0.873. The Morgan fingerprint density at radius 2 is 2.16 bits per heavy atom. The molecule has 2 heteroatoms. The summed E-state index contributed by atoms with van der Waals surface area (Å²) in [4.78, 5) is 2.71. The first-order chi connectivity index (χ1) is 9.24. The molecule has 1 aliphatic heterocycles. The Balaban J connectivity index is 1.77. The Kier molecular flexibility index (Phi) is 3.90. The molecular weight excluding hydrogens is 232 g/mol. The van der Waals surface area contributed by atoms with Gasteiger partial charge in [-0.1, -0.05) is 32.0 Å². The second-order valence-corrected chi connectivity index (χ2v) is 6.54. The van der Waals surface area contributed by atoms with Gasteiger partial charge in [0.25, 0.3) is 0 Å². The van der Waals surface area contributed by atoms with E-state index in [-0.39, 0.29) is 0 Å². The smallest absolute Gasteiger partial charge is 0.0239 e. The van der Waals surface area contributed by atoms with Crippen molar-refractivity contribution >= 4 is 0 Å². The Morgan fingerprint density at radius 1 is 1.32 bits per heavy atom. The Bertz CT molecular complexity index is 435. The van der Waals surface area contributed by atoms with E-state index in [0.717, 1.165) is 31.6 Å². The number of hydrogen-bond acceptors (Lipinski definition) is 2. The van der Waals surface area contributed by atoms with Crippen LogP contribution in [0.4, 0.5) is 0 Å². The molecule has 0 amide bonds. The van der Waals surface area contributed by atoms with Gasteiger partial charge in [0.1, 0.15) is 0 Å². The van der Waals surface area contributed by atoms with Crippen molar-refractivity contribution < 1.29 is 0 Å². The number of nitrogens with one attached hydrogen (secondary N) is 1. The fourth-order valence-corrected chi connectivity index (χ4v) is 3.23.